The lowest BCUT2D eigenvalue weighted by Gasteiger charge is -2.12. The lowest BCUT2D eigenvalue weighted by molar-refractivity contribution is 0.0938. The predicted molar refractivity (Wildman–Crippen MR) is 70.0 cm³/mol. The monoisotopic (exact) mass is 340 g/mol. The van der Waals surface area contributed by atoms with E-state index in [4.69, 9.17) is 0 Å². The molecule has 1 atom stereocenters. The van der Waals surface area contributed by atoms with Crippen LogP contribution in [0.25, 0.3) is 0 Å². The molecule has 1 aliphatic heterocycles. The van der Waals surface area contributed by atoms with Crippen LogP contribution in [0.1, 0.15) is 16.8 Å². The minimum Gasteiger partial charge on any atom is -0.348 e. The molecule has 0 spiro atoms. The Morgan fingerprint density at radius 3 is 2.67 bits per heavy atom. The molecule has 0 bridgehead atoms. The van der Waals surface area contributed by atoms with Gasteiger partial charge in [0.25, 0.3) is 5.91 Å². The van der Waals surface area contributed by atoms with Crippen molar-refractivity contribution >= 4 is 34.2 Å². The molecular formula is C11H12BrClF2N2O. The fourth-order valence-corrected chi connectivity index (χ4v) is 2.23. The first-order chi connectivity index (χ1) is 8.08. The number of carbonyl (C=O) groups excluding carboxylic acids is 1. The number of halogens is 4. The molecule has 7 heteroatoms. The summed E-state index contributed by atoms with van der Waals surface area (Å²) in [5.41, 5.74) is 0.107. The van der Waals surface area contributed by atoms with E-state index < -0.39 is 17.5 Å². The summed E-state index contributed by atoms with van der Waals surface area (Å²) in [4.78, 5) is 11.8. The maximum atomic E-state index is 13.0. The van der Waals surface area contributed by atoms with Gasteiger partial charge in [-0.25, -0.2) is 8.78 Å². The lowest BCUT2D eigenvalue weighted by Crippen LogP contribution is -2.36. The first-order valence-corrected chi connectivity index (χ1v) is 6.03. The number of amides is 1. The van der Waals surface area contributed by atoms with Gasteiger partial charge in [-0.15, -0.1) is 12.4 Å². The van der Waals surface area contributed by atoms with Crippen molar-refractivity contribution in [1.29, 1.82) is 0 Å². The molecule has 1 aliphatic rings. The molecule has 18 heavy (non-hydrogen) atoms. The van der Waals surface area contributed by atoms with Gasteiger partial charge in [0.2, 0.25) is 0 Å². The van der Waals surface area contributed by atoms with Crippen molar-refractivity contribution in [1.82, 2.24) is 10.6 Å². The van der Waals surface area contributed by atoms with Gasteiger partial charge in [0.1, 0.15) is 0 Å². The molecule has 1 heterocycles. The molecule has 0 aromatic heterocycles. The second-order valence-electron chi connectivity index (χ2n) is 3.91. The Balaban J connectivity index is 0.00000162. The number of rotatable bonds is 2. The molecule has 1 aromatic carbocycles. The normalized spacial score (nSPS) is 18.3. The molecule has 0 saturated carbocycles. The second kappa shape index (κ2) is 6.45. The van der Waals surface area contributed by atoms with E-state index in [-0.39, 0.29) is 28.5 Å². The Morgan fingerprint density at radius 2 is 2.06 bits per heavy atom. The van der Waals surface area contributed by atoms with Gasteiger partial charge in [0, 0.05) is 17.1 Å². The molecule has 3 nitrogen and oxygen atoms in total. The van der Waals surface area contributed by atoms with Gasteiger partial charge >= 0.3 is 0 Å². The van der Waals surface area contributed by atoms with Crippen LogP contribution in [0, 0.1) is 11.6 Å². The van der Waals surface area contributed by atoms with E-state index in [0.717, 1.165) is 25.1 Å². The summed E-state index contributed by atoms with van der Waals surface area (Å²) in [6.07, 6.45) is 0.840. The first-order valence-electron chi connectivity index (χ1n) is 5.24. The van der Waals surface area contributed by atoms with Crippen LogP contribution in [0.15, 0.2) is 16.6 Å². The van der Waals surface area contributed by atoms with Crippen molar-refractivity contribution in [2.24, 2.45) is 0 Å². The zero-order valence-electron chi connectivity index (χ0n) is 9.30. The highest BCUT2D eigenvalue weighted by atomic mass is 79.9. The molecule has 1 amide bonds. The van der Waals surface area contributed by atoms with Gasteiger partial charge in [-0.3, -0.25) is 4.79 Å². The summed E-state index contributed by atoms with van der Waals surface area (Å²) in [6.45, 7) is 1.55. The molecule has 2 N–H and O–H groups in total. The topological polar surface area (TPSA) is 41.1 Å². The third-order valence-electron chi connectivity index (χ3n) is 2.65. The summed E-state index contributed by atoms with van der Waals surface area (Å²) in [5, 5.41) is 5.87. The number of benzene rings is 1. The summed E-state index contributed by atoms with van der Waals surface area (Å²) >= 11 is 3.05. The van der Waals surface area contributed by atoms with Crippen LogP contribution < -0.4 is 10.6 Å². The summed E-state index contributed by atoms with van der Waals surface area (Å²) < 4.78 is 26.2. The van der Waals surface area contributed by atoms with Gasteiger partial charge in [0.05, 0.1) is 5.56 Å². The van der Waals surface area contributed by atoms with E-state index in [1.165, 1.54) is 0 Å². The van der Waals surface area contributed by atoms with Crippen LogP contribution in [0.4, 0.5) is 8.78 Å². The molecule has 1 saturated heterocycles. The summed E-state index contributed by atoms with van der Waals surface area (Å²) in [6, 6.07) is 1.90. The Hall–Kier alpha value is -0.720. The van der Waals surface area contributed by atoms with E-state index >= 15 is 0 Å². The van der Waals surface area contributed by atoms with E-state index in [2.05, 4.69) is 26.6 Å². The smallest absolute Gasteiger partial charge is 0.252 e. The zero-order valence-corrected chi connectivity index (χ0v) is 11.7. The van der Waals surface area contributed by atoms with Crippen LogP contribution in [-0.4, -0.2) is 25.0 Å². The molecule has 1 fully saturated rings. The summed E-state index contributed by atoms with van der Waals surface area (Å²) in [5.74, 6) is -2.40. The van der Waals surface area contributed by atoms with Gasteiger partial charge in [-0.1, -0.05) is 0 Å². The quantitative estimate of drug-likeness (QED) is 0.810. The Kier molecular flexibility index (Phi) is 5.49. The van der Waals surface area contributed by atoms with E-state index in [0.29, 0.717) is 6.54 Å². The lowest BCUT2D eigenvalue weighted by atomic mass is 10.1. The van der Waals surface area contributed by atoms with Crippen LogP contribution >= 0.6 is 28.3 Å². The van der Waals surface area contributed by atoms with Crippen molar-refractivity contribution in [3.05, 3.63) is 33.8 Å². The van der Waals surface area contributed by atoms with Gasteiger partial charge in [0.15, 0.2) is 11.6 Å². The average Bonchev–Trinajstić information content (AvgIpc) is 2.76. The predicted octanol–water partition coefficient (Wildman–Crippen LogP) is 2.24. The molecule has 0 radical (unpaired) electrons. The Morgan fingerprint density at radius 1 is 1.39 bits per heavy atom. The number of carbonyl (C=O) groups is 1. The van der Waals surface area contributed by atoms with Crippen molar-refractivity contribution in [2.75, 3.05) is 13.1 Å². The SMILES string of the molecule is Cl.O=C(NC1CCNC1)c1cc(F)c(F)cc1Br. The van der Waals surface area contributed by atoms with E-state index in [9.17, 15) is 13.6 Å². The number of hydrogen-bond acceptors (Lipinski definition) is 2. The summed E-state index contributed by atoms with van der Waals surface area (Å²) in [7, 11) is 0. The van der Waals surface area contributed by atoms with Crippen molar-refractivity contribution in [3.8, 4) is 0 Å². The van der Waals surface area contributed by atoms with Crippen LogP contribution in [-0.2, 0) is 0 Å². The van der Waals surface area contributed by atoms with Crippen molar-refractivity contribution < 1.29 is 13.6 Å². The van der Waals surface area contributed by atoms with E-state index in [1.54, 1.807) is 0 Å². The number of hydrogen-bond donors (Lipinski definition) is 2. The van der Waals surface area contributed by atoms with Crippen LogP contribution in [0.5, 0.6) is 0 Å². The fourth-order valence-electron chi connectivity index (χ4n) is 1.74. The molecule has 1 aromatic rings. The van der Waals surface area contributed by atoms with Gasteiger partial charge < -0.3 is 10.6 Å². The Bertz CT molecular complexity index is 453. The zero-order chi connectivity index (χ0) is 12.4. The highest BCUT2D eigenvalue weighted by molar-refractivity contribution is 9.10. The maximum Gasteiger partial charge on any atom is 0.252 e. The highest BCUT2D eigenvalue weighted by Crippen LogP contribution is 2.20. The van der Waals surface area contributed by atoms with Gasteiger partial charge in [-0.05, 0) is 41.0 Å². The average molecular weight is 342 g/mol. The minimum atomic E-state index is -1.03. The molecule has 0 aliphatic carbocycles. The highest BCUT2D eigenvalue weighted by Gasteiger charge is 2.20. The maximum absolute atomic E-state index is 13.0. The van der Waals surface area contributed by atoms with Crippen molar-refractivity contribution in [2.45, 2.75) is 12.5 Å². The third-order valence-corrected chi connectivity index (χ3v) is 3.31. The molecular weight excluding hydrogens is 329 g/mol. The van der Waals surface area contributed by atoms with Crippen molar-refractivity contribution in [3.63, 3.8) is 0 Å². The van der Waals surface area contributed by atoms with Crippen LogP contribution in [0.2, 0.25) is 0 Å². The second-order valence-corrected chi connectivity index (χ2v) is 4.76. The molecule has 1 unspecified atom stereocenters. The Labute approximate surface area is 118 Å². The fraction of sp³-hybridized carbons (Fsp3) is 0.364. The third kappa shape index (κ3) is 3.40. The molecule has 2 rings (SSSR count). The van der Waals surface area contributed by atoms with Gasteiger partial charge in [-0.2, -0.15) is 0 Å². The number of nitrogens with one attached hydrogen (secondary N) is 2. The largest absolute Gasteiger partial charge is 0.348 e. The standard InChI is InChI=1S/C11H11BrF2N2O.ClH/c12-8-4-10(14)9(13)3-7(8)11(17)16-6-1-2-15-5-6;/h3-4,6,15H,1-2,5H2,(H,16,17);1H. The molecule has 100 valence electrons. The van der Waals surface area contributed by atoms with E-state index in [1.807, 2.05) is 0 Å². The van der Waals surface area contributed by atoms with Crippen LogP contribution in [0.3, 0.4) is 0 Å². The minimum absolute atomic E-state index is 0. The first kappa shape index (κ1) is 15.3.